The molecule has 2 aliphatic rings. The van der Waals surface area contributed by atoms with E-state index in [2.05, 4.69) is 44.4 Å². The lowest BCUT2D eigenvalue weighted by atomic mass is 9.81. The molecule has 0 saturated heterocycles. The molecular weight excluding hydrogens is 677 g/mol. The third kappa shape index (κ3) is 5.42. The summed E-state index contributed by atoms with van der Waals surface area (Å²) in [6.07, 6.45) is 1.45. The van der Waals surface area contributed by atoms with Gasteiger partial charge in [-0.3, -0.25) is 0 Å². The molecule has 0 aromatic heterocycles. The van der Waals surface area contributed by atoms with Crippen molar-refractivity contribution in [2.45, 2.75) is 78.6 Å². The minimum Gasteiger partial charge on any atom is -0.508 e. The van der Waals surface area contributed by atoms with E-state index < -0.39 is 0 Å². The summed E-state index contributed by atoms with van der Waals surface area (Å²) in [6.45, 7) is 12.5. The summed E-state index contributed by atoms with van der Waals surface area (Å²) < 4.78 is 11.9. The molecule has 54 heavy (non-hydrogen) atoms. The van der Waals surface area contributed by atoms with Crippen molar-refractivity contribution >= 4 is 21.5 Å². The lowest BCUT2D eigenvalue weighted by Crippen LogP contribution is -2.36. The molecule has 8 nitrogen and oxygen atoms in total. The summed E-state index contributed by atoms with van der Waals surface area (Å²) in [7, 11) is 3.19. The molecule has 0 spiro atoms. The number of ether oxygens (including phenoxy) is 2. The van der Waals surface area contributed by atoms with E-state index in [1.54, 1.807) is 26.4 Å². The van der Waals surface area contributed by atoms with Crippen LogP contribution in [-0.4, -0.2) is 46.7 Å². The Morgan fingerprint density at radius 3 is 1.69 bits per heavy atom. The predicted octanol–water partition coefficient (Wildman–Crippen LogP) is 9.64. The van der Waals surface area contributed by atoms with Crippen molar-refractivity contribution in [1.29, 1.82) is 0 Å². The van der Waals surface area contributed by atoms with Gasteiger partial charge in [-0.15, -0.1) is 0 Å². The van der Waals surface area contributed by atoms with Crippen LogP contribution < -0.4 is 20.1 Å². The summed E-state index contributed by atoms with van der Waals surface area (Å²) in [5, 5.41) is 56.5. The number of hydrogen-bond donors (Lipinski definition) is 6. The van der Waals surface area contributed by atoms with Gasteiger partial charge in [0.05, 0.1) is 25.0 Å². The van der Waals surface area contributed by atoms with Crippen molar-refractivity contribution < 1.29 is 29.9 Å². The fourth-order valence-electron chi connectivity index (χ4n) is 9.51. The molecule has 0 aliphatic carbocycles. The molecule has 0 unspecified atom stereocenters. The number of fused-ring (bicyclic) bond motifs is 4. The first-order chi connectivity index (χ1) is 25.8. The number of methoxy groups -OCH3 is 2. The lowest BCUT2D eigenvalue weighted by Gasteiger charge is -2.32. The van der Waals surface area contributed by atoms with Gasteiger partial charge in [-0.05, 0) is 146 Å². The van der Waals surface area contributed by atoms with Gasteiger partial charge in [0.2, 0.25) is 0 Å². The Hall–Kier alpha value is -5.44. The van der Waals surface area contributed by atoms with Crippen molar-refractivity contribution in [2.75, 3.05) is 14.2 Å². The van der Waals surface area contributed by atoms with Crippen molar-refractivity contribution in [3.63, 3.8) is 0 Å². The molecule has 2 aliphatic heterocycles. The molecule has 8 heteroatoms. The smallest absolute Gasteiger partial charge is 0.135 e. The lowest BCUT2D eigenvalue weighted by molar-refractivity contribution is 0.409. The maximum absolute atomic E-state index is 12.5. The molecule has 2 heterocycles. The number of benzene rings is 6. The number of aromatic hydroxyl groups is 4. The Morgan fingerprint density at radius 1 is 0.556 bits per heavy atom. The van der Waals surface area contributed by atoms with Gasteiger partial charge in [-0.25, -0.2) is 0 Å². The summed E-state index contributed by atoms with van der Waals surface area (Å²) in [5.41, 5.74) is 10.5. The van der Waals surface area contributed by atoms with Gasteiger partial charge < -0.3 is 40.5 Å². The molecule has 0 saturated carbocycles. The SMILES string of the molecule is COc1cc(C)cc2c(-c3ccc(O)c4c3C[C@@H](C)N[C@@H]4C)cc(-c3ccc4c(-c5ccc(O)c6c5C[C@@H](C)N[C@@H]6C)c(C)cc(OC)c4c3O)c(O)c12. The van der Waals surface area contributed by atoms with Crippen LogP contribution in [0.4, 0.5) is 0 Å². The molecule has 6 aromatic carbocycles. The average Bonchev–Trinajstić information content (AvgIpc) is 3.12. The van der Waals surface area contributed by atoms with Gasteiger partial charge in [-0.2, -0.15) is 0 Å². The zero-order valence-corrected chi connectivity index (χ0v) is 32.1. The Bertz CT molecular complexity index is 2520. The fourth-order valence-corrected chi connectivity index (χ4v) is 9.51. The highest BCUT2D eigenvalue weighted by Crippen LogP contribution is 2.53. The number of phenols is 4. The van der Waals surface area contributed by atoms with Crippen LogP contribution in [0.2, 0.25) is 0 Å². The van der Waals surface area contributed by atoms with Crippen LogP contribution in [0.3, 0.4) is 0 Å². The Labute approximate surface area is 316 Å². The number of nitrogens with one attached hydrogen (secondary N) is 2. The molecule has 0 radical (unpaired) electrons. The van der Waals surface area contributed by atoms with Crippen LogP contribution in [0.1, 0.15) is 73.2 Å². The normalized spacial score (nSPS) is 19.5. The van der Waals surface area contributed by atoms with E-state index >= 15 is 0 Å². The third-order valence-corrected chi connectivity index (χ3v) is 11.7. The highest BCUT2D eigenvalue weighted by molar-refractivity contribution is 6.12. The van der Waals surface area contributed by atoms with E-state index in [0.29, 0.717) is 39.8 Å². The van der Waals surface area contributed by atoms with Crippen molar-refractivity contribution in [3.05, 3.63) is 94.0 Å². The van der Waals surface area contributed by atoms with Crippen molar-refractivity contribution in [3.8, 4) is 67.9 Å². The first kappa shape index (κ1) is 35.6. The molecule has 6 N–H and O–H groups in total. The quantitative estimate of drug-likeness (QED) is 0.104. The second-order valence-corrected chi connectivity index (χ2v) is 15.4. The topological polar surface area (TPSA) is 123 Å². The maximum Gasteiger partial charge on any atom is 0.135 e. The number of phenolic OH excluding ortho intramolecular Hbond substituents is 4. The molecular formula is C46H48N2O6. The molecule has 8 rings (SSSR count). The highest BCUT2D eigenvalue weighted by Gasteiger charge is 2.31. The van der Waals surface area contributed by atoms with Crippen molar-refractivity contribution in [2.24, 2.45) is 0 Å². The predicted molar refractivity (Wildman–Crippen MR) is 216 cm³/mol. The van der Waals surface area contributed by atoms with E-state index in [0.717, 1.165) is 72.8 Å². The van der Waals surface area contributed by atoms with E-state index in [1.165, 1.54) is 0 Å². The van der Waals surface area contributed by atoms with Crippen LogP contribution in [0, 0.1) is 13.8 Å². The van der Waals surface area contributed by atoms with Crippen LogP contribution in [0.25, 0.3) is 54.9 Å². The zero-order chi connectivity index (χ0) is 38.3. The monoisotopic (exact) mass is 724 g/mol. The van der Waals surface area contributed by atoms with Gasteiger partial charge in [0.1, 0.15) is 34.5 Å². The van der Waals surface area contributed by atoms with Crippen LogP contribution >= 0.6 is 0 Å². The van der Waals surface area contributed by atoms with Crippen LogP contribution in [-0.2, 0) is 12.8 Å². The second-order valence-electron chi connectivity index (χ2n) is 15.4. The van der Waals surface area contributed by atoms with Gasteiger partial charge in [0, 0.05) is 46.4 Å². The minimum atomic E-state index is -0.0562. The minimum absolute atomic E-state index is 0.00863. The Kier molecular flexibility index (Phi) is 8.66. The average molecular weight is 725 g/mol. The standard InChI is InChI=1S/C46H48N2O6/c1-21-15-32-31(27-11-13-36(49)41-25(5)47-23(3)18-33(27)41)20-35(46(52)44(32)38(16-21)53-7)29-9-10-30-40(22(2)17-39(54-8)43(30)45(29)51)28-12-14-37(50)42-26(6)48-24(4)19-34(28)42/h9-17,20,23-26,47-52H,18-19H2,1-8H3/t23-,24-,25-,26-/m1/s1. The maximum atomic E-state index is 12.5. The second kappa shape index (κ2) is 13.1. The van der Waals surface area contributed by atoms with E-state index in [4.69, 9.17) is 9.47 Å². The van der Waals surface area contributed by atoms with Crippen LogP contribution in [0.5, 0.6) is 34.5 Å². The first-order valence-electron chi connectivity index (χ1n) is 18.7. The summed E-state index contributed by atoms with van der Waals surface area (Å²) >= 11 is 0. The number of hydrogen-bond acceptors (Lipinski definition) is 8. The fraction of sp³-hybridized carbons (Fsp3) is 0.304. The Morgan fingerprint density at radius 2 is 1.07 bits per heavy atom. The molecule has 0 fully saturated rings. The molecule has 278 valence electrons. The van der Waals surface area contributed by atoms with E-state index in [-0.39, 0.29) is 47.2 Å². The summed E-state index contributed by atoms with van der Waals surface area (Å²) in [4.78, 5) is 0. The molecule has 0 amide bonds. The highest BCUT2D eigenvalue weighted by atomic mass is 16.5. The first-order valence-corrected chi connectivity index (χ1v) is 18.7. The van der Waals surface area contributed by atoms with Gasteiger partial charge in [-0.1, -0.05) is 24.3 Å². The van der Waals surface area contributed by atoms with Crippen LogP contribution in [0.15, 0.2) is 60.7 Å². The molecule has 0 bridgehead atoms. The van der Waals surface area contributed by atoms with E-state index in [9.17, 15) is 20.4 Å². The zero-order valence-electron chi connectivity index (χ0n) is 32.1. The van der Waals surface area contributed by atoms with Gasteiger partial charge in [0.25, 0.3) is 0 Å². The molecule has 6 aromatic rings. The number of rotatable bonds is 5. The summed E-state index contributed by atoms with van der Waals surface area (Å²) in [6, 6.07) is 19.5. The largest absolute Gasteiger partial charge is 0.508 e. The van der Waals surface area contributed by atoms with E-state index in [1.807, 2.05) is 56.3 Å². The van der Waals surface area contributed by atoms with Gasteiger partial charge >= 0.3 is 0 Å². The van der Waals surface area contributed by atoms with Gasteiger partial charge in [0.15, 0.2) is 0 Å². The Balaban J connectivity index is 1.43. The van der Waals surface area contributed by atoms with Crippen molar-refractivity contribution in [1.82, 2.24) is 10.6 Å². The third-order valence-electron chi connectivity index (χ3n) is 11.7. The number of aryl methyl sites for hydroxylation is 2. The molecule has 4 atom stereocenters. The summed E-state index contributed by atoms with van der Waals surface area (Å²) in [5.74, 6) is 1.52.